The summed E-state index contributed by atoms with van der Waals surface area (Å²) in [5.74, 6) is -0.0494. The number of benzene rings is 2. The Balaban J connectivity index is 2.60. The van der Waals surface area contributed by atoms with Gasteiger partial charge in [-0.2, -0.15) is 0 Å². The van der Waals surface area contributed by atoms with Crippen LogP contribution in [0.25, 0.3) is 5.32 Å². The minimum atomic E-state index is -0.255. The quantitative estimate of drug-likeness (QED) is 0.516. The summed E-state index contributed by atoms with van der Waals surface area (Å²) in [5, 5.41) is 18.4. The van der Waals surface area contributed by atoms with Crippen LogP contribution >= 0.6 is 23.2 Å². The molecule has 0 aromatic heterocycles. The Hall–Kier alpha value is -1.38. The van der Waals surface area contributed by atoms with Gasteiger partial charge in [-0.1, -0.05) is 94.7 Å². The first-order valence-corrected chi connectivity index (χ1v) is 8.67. The Morgan fingerprint density at radius 2 is 1.33 bits per heavy atom. The lowest BCUT2D eigenvalue weighted by Crippen LogP contribution is -2.16. The molecule has 2 aromatic rings. The van der Waals surface area contributed by atoms with Crippen molar-refractivity contribution in [2.45, 2.75) is 52.4 Å². The van der Waals surface area contributed by atoms with E-state index < -0.39 is 0 Å². The lowest BCUT2D eigenvalue weighted by molar-refractivity contribution is 0.343. The fraction of sp³-hybridized carbons (Fsp3) is 0.400. The van der Waals surface area contributed by atoms with Crippen molar-refractivity contribution in [3.05, 3.63) is 56.8 Å². The first-order valence-electron chi connectivity index (χ1n) is 7.92. The molecule has 0 N–H and O–H groups in total. The van der Waals surface area contributed by atoms with Crippen molar-refractivity contribution in [2.24, 2.45) is 0 Å². The lowest BCUT2D eigenvalue weighted by Gasteiger charge is -2.31. The normalized spacial score (nSPS) is 12.3. The van der Waals surface area contributed by atoms with Gasteiger partial charge in [0.2, 0.25) is 0 Å². The zero-order chi connectivity index (χ0) is 18.3. The van der Waals surface area contributed by atoms with Crippen molar-refractivity contribution in [1.82, 2.24) is 0 Å². The first-order chi connectivity index (χ1) is 10.9. The van der Waals surface area contributed by atoms with Gasteiger partial charge in [0, 0.05) is 15.6 Å². The largest absolute Gasteiger partial charge is 0.655 e. The molecule has 0 saturated carbocycles. The van der Waals surface area contributed by atoms with E-state index in [4.69, 9.17) is 23.2 Å². The molecule has 0 aliphatic rings. The van der Waals surface area contributed by atoms with E-state index in [1.807, 2.05) is 32.9 Å². The van der Waals surface area contributed by atoms with Gasteiger partial charge in [-0.3, -0.25) is 5.11 Å². The van der Waals surface area contributed by atoms with Crippen LogP contribution in [0.2, 0.25) is 10.0 Å². The van der Waals surface area contributed by atoms with Crippen LogP contribution in [0.4, 0.5) is 11.4 Å². The Bertz CT molecular complexity index is 735. The predicted molar refractivity (Wildman–Crippen MR) is 103 cm³/mol. The Kier molecular flexibility index (Phi) is 5.13. The van der Waals surface area contributed by atoms with Crippen molar-refractivity contribution >= 4 is 34.6 Å². The number of nitrogens with zero attached hydrogens (tertiary/aromatic N) is 1. The fourth-order valence-electron chi connectivity index (χ4n) is 2.43. The summed E-state index contributed by atoms with van der Waals surface area (Å²) < 4.78 is 0. The molecule has 0 fully saturated rings. The van der Waals surface area contributed by atoms with Crippen LogP contribution in [0.5, 0.6) is 5.75 Å². The summed E-state index contributed by atoms with van der Waals surface area (Å²) in [4.78, 5) is 0. The van der Waals surface area contributed by atoms with Crippen LogP contribution in [0.3, 0.4) is 0 Å². The van der Waals surface area contributed by atoms with E-state index in [0.29, 0.717) is 21.4 Å². The summed E-state index contributed by atoms with van der Waals surface area (Å²) in [6.07, 6.45) is 0. The highest BCUT2D eigenvalue weighted by Crippen LogP contribution is 2.46. The van der Waals surface area contributed by atoms with Gasteiger partial charge in [0.25, 0.3) is 0 Å². The Morgan fingerprint density at radius 1 is 0.792 bits per heavy atom. The zero-order valence-electron chi connectivity index (χ0n) is 15.0. The topological polar surface area (TPSA) is 34.0 Å². The summed E-state index contributed by atoms with van der Waals surface area (Å²) >= 11 is 12.1. The maximum Gasteiger partial charge on any atom is 0.167 e. The number of hydrogen-bond donors (Lipinski definition) is 0. The molecule has 0 atom stereocenters. The monoisotopic (exact) mass is 363 g/mol. The third-order valence-electron chi connectivity index (χ3n) is 3.84. The number of rotatable bonds is 2. The second-order valence-electron chi connectivity index (χ2n) is 8.11. The van der Waals surface area contributed by atoms with Crippen molar-refractivity contribution in [1.29, 1.82) is 0 Å². The maximum absolute atomic E-state index is 12.9. The summed E-state index contributed by atoms with van der Waals surface area (Å²) in [6, 6.07) is 8.92. The Morgan fingerprint density at radius 3 is 1.79 bits per heavy atom. The fourth-order valence-corrected chi connectivity index (χ4v) is 2.94. The molecular weight excluding hydrogens is 341 g/mol. The highest BCUT2D eigenvalue weighted by molar-refractivity contribution is 6.35. The third-order valence-corrected chi connectivity index (χ3v) is 4.28. The smallest absolute Gasteiger partial charge is 0.167 e. The number of hydrogen-bond acceptors (Lipinski definition) is 0. The summed E-state index contributed by atoms with van der Waals surface area (Å²) in [5.41, 5.74) is 2.51. The van der Waals surface area contributed by atoms with Crippen LogP contribution in [0.15, 0.2) is 30.3 Å². The molecule has 0 heterocycles. The van der Waals surface area contributed by atoms with E-state index in [1.165, 1.54) is 0 Å². The summed E-state index contributed by atoms with van der Waals surface area (Å²) in [6.45, 7) is 12.5. The van der Waals surface area contributed by atoms with Crippen LogP contribution in [-0.2, 0) is 15.9 Å². The molecular formula is C20H23Cl2NO-. The van der Waals surface area contributed by atoms with E-state index in [2.05, 4.69) is 26.1 Å². The van der Waals surface area contributed by atoms with Gasteiger partial charge in [-0.15, -0.1) is 5.69 Å². The van der Waals surface area contributed by atoms with Gasteiger partial charge in [-0.05, 0) is 22.5 Å². The van der Waals surface area contributed by atoms with Crippen LogP contribution in [0, 0.1) is 0 Å². The van der Waals surface area contributed by atoms with E-state index in [9.17, 15) is 5.11 Å². The van der Waals surface area contributed by atoms with Crippen molar-refractivity contribution in [3.8, 4) is 5.75 Å². The highest BCUT2D eigenvalue weighted by atomic mass is 35.5. The molecule has 0 aliphatic carbocycles. The third kappa shape index (κ3) is 4.37. The van der Waals surface area contributed by atoms with Crippen molar-refractivity contribution in [3.63, 3.8) is 0 Å². The standard InChI is InChI=1S/C20H23Cl2NO/c1-19(2,3)12-7-16(20(4,5)6)18(24)17(8-12)23-15-10-13(21)9-14(22)11-15/h7-11H,1-6H3/q-1. The first kappa shape index (κ1) is 19.0. The lowest BCUT2D eigenvalue weighted by atomic mass is 9.79. The molecule has 129 valence electrons. The van der Waals surface area contributed by atoms with E-state index >= 15 is 0 Å². The average molecular weight is 364 g/mol. The minimum Gasteiger partial charge on any atom is -0.655 e. The molecule has 0 bridgehead atoms. The van der Waals surface area contributed by atoms with Crippen LogP contribution in [-0.4, -0.2) is 0 Å². The average Bonchev–Trinajstić information content (AvgIpc) is 2.37. The van der Waals surface area contributed by atoms with Gasteiger partial charge in [0.15, 0.2) is 5.75 Å². The molecule has 0 saturated heterocycles. The molecule has 1 radical (unpaired) electrons. The number of halogens is 2. The van der Waals surface area contributed by atoms with E-state index in [1.54, 1.807) is 18.2 Å². The SMILES string of the molecule is CC(C)(C)c1cc([N-]c2cc(Cl)cc(Cl)c2)c([O])c(C(C)(C)C)c1. The van der Waals surface area contributed by atoms with E-state index in [0.717, 1.165) is 11.1 Å². The maximum atomic E-state index is 12.9. The second-order valence-corrected chi connectivity index (χ2v) is 8.98. The molecule has 4 heteroatoms. The Labute approximate surface area is 154 Å². The van der Waals surface area contributed by atoms with Gasteiger partial charge >= 0.3 is 0 Å². The van der Waals surface area contributed by atoms with E-state index in [-0.39, 0.29) is 16.6 Å². The molecule has 0 spiro atoms. The predicted octanol–water partition coefficient (Wildman–Crippen LogP) is 8.07. The minimum absolute atomic E-state index is 0.0494. The van der Waals surface area contributed by atoms with Crippen molar-refractivity contribution in [2.75, 3.05) is 0 Å². The van der Waals surface area contributed by atoms with Gasteiger partial charge < -0.3 is 5.32 Å². The molecule has 0 unspecified atom stereocenters. The molecule has 2 rings (SSSR count). The van der Waals surface area contributed by atoms with Crippen LogP contribution < -0.4 is 0 Å². The van der Waals surface area contributed by atoms with Crippen LogP contribution in [0.1, 0.15) is 52.7 Å². The van der Waals surface area contributed by atoms with Gasteiger partial charge in [-0.25, -0.2) is 0 Å². The molecule has 0 amide bonds. The zero-order valence-corrected chi connectivity index (χ0v) is 16.5. The highest BCUT2D eigenvalue weighted by Gasteiger charge is 2.23. The summed E-state index contributed by atoms with van der Waals surface area (Å²) in [7, 11) is 0. The van der Waals surface area contributed by atoms with Gasteiger partial charge in [0.1, 0.15) is 0 Å². The molecule has 2 aromatic carbocycles. The van der Waals surface area contributed by atoms with Gasteiger partial charge in [0.05, 0.1) is 0 Å². The molecule has 0 aliphatic heterocycles. The van der Waals surface area contributed by atoms with Crippen molar-refractivity contribution < 1.29 is 5.11 Å². The molecule has 2 nitrogen and oxygen atoms in total. The second kappa shape index (κ2) is 6.50. The molecule has 24 heavy (non-hydrogen) atoms.